The number of benzene rings is 1. The lowest BCUT2D eigenvalue weighted by Gasteiger charge is -2.36. The number of amides is 1. The summed E-state index contributed by atoms with van der Waals surface area (Å²) in [5, 5.41) is 1.07. The summed E-state index contributed by atoms with van der Waals surface area (Å²) in [6.45, 7) is 10.5. The van der Waals surface area contributed by atoms with E-state index in [9.17, 15) is 4.79 Å². The smallest absolute Gasteiger partial charge is 0.264 e. The SMILES string of the molecule is Cc1nc(N2CCCC[C@@H]2C)c2c(C)c(C(=O)N3CCN(c4ccccc4)CC3)sc2n1. The minimum Gasteiger partial charge on any atom is -0.368 e. The molecule has 2 aliphatic rings. The van der Waals surface area contributed by atoms with E-state index in [0.717, 1.165) is 65.0 Å². The number of fused-ring (bicyclic) bond motifs is 1. The van der Waals surface area contributed by atoms with Crippen LogP contribution in [0.3, 0.4) is 0 Å². The van der Waals surface area contributed by atoms with Gasteiger partial charge < -0.3 is 14.7 Å². The van der Waals surface area contributed by atoms with Gasteiger partial charge in [-0.1, -0.05) is 18.2 Å². The van der Waals surface area contributed by atoms with E-state index >= 15 is 0 Å². The Balaban J connectivity index is 1.42. The molecule has 1 aromatic carbocycles. The van der Waals surface area contributed by atoms with Crippen LogP contribution in [-0.2, 0) is 0 Å². The van der Waals surface area contributed by atoms with Crippen LogP contribution < -0.4 is 9.80 Å². The van der Waals surface area contributed by atoms with Crippen LogP contribution in [0.1, 0.15) is 47.2 Å². The zero-order valence-electron chi connectivity index (χ0n) is 19.2. The summed E-state index contributed by atoms with van der Waals surface area (Å²) >= 11 is 1.53. The van der Waals surface area contributed by atoms with Gasteiger partial charge in [0.25, 0.3) is 5.91 Å². The molecule has 0 N–H and O–H groups in total. The molecule has 2 aliphatic heterocycles. The van der Waals surface area contributed by atoms with E-state index in [1.54, 1.807) is 0 Å². The van der Waals surface area contributed by atoms with Crippen LogP contribution in [0.2, 0.25) is 0 Å². The Kier molecular flexibility index (Phi) is 5.76. The first-order valence-corrected chi connectivity index (χ1v) is 12.5. The maximum atomic E-state index is 13.5. The van der Waals surface area contributed by atoms with E-state index in [1.165, 1.54) is 36.3 Å². The predicted octanol–water partition coefficient (Wildman–Crippen LogP) is 4.65. The van der Waals surface area contributed by atoms with Gasteiger partial charge in [0.05, 0.1) is 10.3 Å². The summed E-state index contributed by atoms with van der Waals surface area (Å²) < 4.78 is 0. The number of hydrogen-bond acceptors (Lipinski definition) is 6. The number of anilines is 2. The maximum absolute atomic E-state index is 13.5. The van der Waals surface area contributed by atoms with Crippen molar-refractivity contribution in [1.82, 2.24) is 14.9 Å². The fourth-order valence-corrected chi connectivity index (χ4v) is 6.19. The highest BCUT2D eigenvalue weighted by atomic mass is 32.1. The fourth-order valence-electron chi connectivity index (χ4n) is 5.00. The third-order valence-corrected chi connectivity index (χ3v) is 8.01. The molecular formula is C25H31N5OS. The Morgan fingerprint density at radius 1 is 1.00 bits per heavy atom. The van der Waals surface area contributed by atoms with Gasteiger partial charge in [-0.3, -0.25) is 4.79 Å². The van der Waals surface area contributed by atoms with Crippen LogP contribution in [0.4, 0.5) is 11.5 Å². The van der Waals surface area contributed by atoms with Crippen LogP contribution in [0, 0.1) is 13.8 Å². The standard InChI is InChI=1S/C25H31N5OS/c1-17-9-7-8-12-30(17)23-21-18(2)22(32-24(21)27-19(3)26-23)25(31)29-15-13-28(14-16-29)20-10-5-4-6-11-20/h4-6,10-11,17H,7-9,12-16H2,1-3H3/t17-/m0/s1. The number of carbonyl (C=O) groups excluding carboxylic acids is 1. The van der Waals surface area contributed by atoms with Crippen molar-refractivity contribution in [3.05, 3.63) is 46.6 Å². The number of piperidine rings is 1. The van der Waals surface area contributed by atoms with Gasteiger partial charge in [-0.2, -0.15) is 0 Å². The summed E-state index contributed by atoms with van der Waals surface area (Å²) in [5.74, 6) is 1.93. The van der Waals surface area contributed by atoms with E-state index in [-0.39, 0.29) is 5.91 Å². The van der Waals surface area contributed by atoms with Crippen molar-refractivity contribution >= 4 is 39.0 Å². The number of carbonyl (C=O) groups is 1. The van der Waals surface area contributed by atoms with E-state index < -0.39 is 0 Å². The lowest BCUT2D eigenvalue weighted by Crippen LogP contribution is -2.48. The first-order chi connectivity index (χ1) is 15.5. The molecule has 5 rings (SSSR count). The number of thiophene rings is 1. The van der Waals surface area contributed by atoms with Crippen molar-refractivity contribution in [2.45, 2.75) is 46.1 Å². The number of para-hydroxylation sites is 1. The summed E-state index contributed by atoms with van der Waals surface area (Å²) in [5.41, 5.74) is 2.26. The van der Waals surface area contributed by atoms with Crippen molar-refractivity contribution in [2.24, 2.45) is 0 Å². The molecule has 0 radical (unpaired) electrons. The molecule has 0 unspecified atom stereocenters. The summed E-state index contributed by atoms with van der Waals surface area (Å²) in [7, 11) is 0. The quantitative estimate of drug-likeness (QED) is 0.583. The topological polar surface area (TPSA) is 52.6 Å². The minimum absolute atomic E-state index is 0.133. The Morgan fingerprint density at radius 3 is 2.47 bits per heavy atom. The van der Waals surface area contributed by atoms with Crippen molar-refractivity contribution in [3.63, 3.8) is 0 Å². The molecule has 2 saturated heterocycles. The molecule has 7 heteroatoms. The van der Waals surface area contributed by atoms with Crippen LogP contribution in [-0.4, -0.2) is 59.5 Å². The molecule has 1 atom stereocenters. The molecule has 2 fully saturated rings. The molecule has 2 aromatic heterocycles. The lowest BCUT2D eigenvalue weighted by molar-refractivity contribution is 0.0751. The first-order valence-electron chi connectivity index (χ1n) is 11.7. The van der Waals surface area contributed by atoms with Crippen LogP contribution >= 0.6 is 11.3 Å². The summed E-state index contributed by atoms with van der Waals surface area (Å²) in [6.07, 6.45) is 3.65. The number of aryl methyl sites for hydroxylation is 2. The van der Waals surface area contributed by atoms with E-state index in [1.807, 2.05) is 17.9 Å². The third kappa shape index (κ3) is 3.83. The number of aromatic nitrogens is 2. The molecule has 1 amide bonds. The van der Waals surface area contributed by atoms with Crippen LogP contribution in [0.15, 0.2) is 30.3 Å². The van der Waals surface area contributed by atoms with Crippen LogP contribution in [0.25, 0.3) is 10.2 Å². The molecule has 0 spiro atoms. The highest BCUT2D eigenvalue weighted by Crippen LogP contribution is 2.38. The van der Waals surface area contributed by atoms with Gasteiger partial charge in [-0.25, -0.2) is 9.97 Å². The van der Waals surface area contributed by atoms with Gasteiger partial charge in [-0.15, -0.1) is 11.3 Å². The average Bonchev–Trinajstić information content (AvgIpc) is 3.15. The average molecular weight is 450 g/mol. The van der Waals surface area contributed by atoms with Gasteiger partial charge >= 0.3 is 0 Å². The Hall–Kier alpha value is -2.67. The Morgan fingerprint density at radius 2 is 1.75 bits per heavy atom. The molecule has 6 nitrogen and oxygen atoms in total. The zero-order chi connectivity index (χ0) is 22.2. The lowest BCUT2D eigenvalue weighted by atomic mass is 10.0. The molecule has 168 valence electrons. The van der Waals surface area contributed by atoms with E-state index in [4.69, 9.17) is 9.97 Å². The number of rotatable bonds is 3. The van der Waals surface area contributed by atoms with Crippen molar-refractivity contribution in [1.29, 1.82) is 0 Å². The Labute approximate surface area is 193 Å². The Bertz CT molecular complexity index is 1120. The maximum Gasteiger partial charge on any atom is 0.264 e. The second-order valence-corrected chi connectivity index (χ2v) is 9.98. The predicted molar refractivity (Wildman–Crippen MR) is 132 cm³/mol. The van der Waals surface area contributed by atoms with Crippen molar-refractivity contribution < 1.29 is 4.79 Å². The largest absolute Gasteiger partial charge is 0.368 e. The number of piperazine rings is 1. The summed E-state index contributed by atoms with van der Waals surface area (Å²) in [4.78, 5) is 31.6. The van der Waals surface area contributed by atoms with Gasteiger partial charge in [0.15, 0.2) is 0 Å². The van der Waals surface area contributed by atoms with Gasteiger partial charge in [0.2, 0.25) is 0 Å². The molecule has 3 aromatic rings. The van der Waals surface area contributed by atoms with Crippen LogP contribution in [0.5, 0.6) is 0 Å². The summed E-state index contributed by atoms with van der Waals surface area (Å²) in [6, 6.07) is 10.9. The van der Waals surface area contributed by atoms with Crippen molar-refractivity contribution in [2.75, 3.05) is 42.5 Å². The zero-order valence-corrected chi connectivity index (χ0v) is 20.0. The molecule has 32 heavy (non-hydrogen) atoms. The van der Waals surface area contributed by atoms with Gasteiger partial charge in [0.1, 0.15) is 16.5 Å². The first kappa shape index (κ1) is 21.2. The minimum atomic E-state index is 0.133. The second kappa shape index (κ2) is 8.70. The van der Waals surface area contributed by atoms with Gasteiger partial charge in [-0.05, 0) is 57.7 Å². The molecule has 0 aliphatic carbocycles. The van der Waals surface area contributed by atoms with Crippen molar-refractivity contribution in [3.8, 4) is 0 Å². The second-order valence-electron chi connectivity index (χ2n) is 8.98. The molecule has 0 bridgehead atoms. The van der Waals surface area contributed by atoms with Gasteiger partial charge in [0, 0.05) is 44.5 Å². The number of nitrogens with zero attached hydrogens (tertiary/aromatic N) is 5. The molecule has 4 heterocycles. The molecule has 0 saturated carbocycles. The normalized spacial score (nSPS) is 19.6. The number of hydrogen-bond donors (Lipinski definition) is 0. The highest BCUT2D eigenvalue weighted by Gasteiger charge is 2.29. The molecular weight excluding hydrogens is 418 g/mol. The highest BCUT2D eigenvalue weighted by molar-refractivity contribution is 7.20. The fraction of sp³-hybridized carbons (Fsp3) is 0.480. The monoisotopic (exact) mass is 449 g/mol. The van der Waals surface area contributed by atoms with E-state index in [0.29, 0.717) is 6.04 Å². The van der Waals surface area contributed by atoms with E-state index in [2.05, 4.69) is 47.9 Å². The third-order valence-electron chi connectivity index (χ3n) is 6.84.